The van der Waals surface area contributed by atoms with Crippen LogP contribution in [0.1, 0.15) is 16.9 Å². The summed E-state index contributed by atoms with van der Waals surface area (Å²) in [5.41, 5.74) is 3.04. The van der Waals surface area contributed by atoms with Gasteiger partial charge in [-0.1, -0.05) is 54.6 Å². The fourth-order valence-electron chi connectivity index (χ4n) is 4.65. The lowest BCUT2D eigenvalue weighted by molar-refractivity contribution is -0.384. The van der Waals surface area contributed by atoms with Crippen molar-refractivity contribution in [3.8, 4) is 16.9 Å². The van der Waals surface area contributed by atoms with Crippen molar-refractivity contribution in [3.63, 3.8) is 0 Å². The van der Waals surface area contributed by atoms with Crippen LogP contribution >= 0.6 is 0 Å². The predicted octanol–water partition coefficient (Wildman–Crippen LogP) is 7.36. The molecule has 0 bridgehead atoms. The average Bonchev–Trinajstić information content (AvgIpc) is 3.44. The van der Waals surface area contributed by atoms with Gasteiger partial charge in [0, 0.05) is 23.3 Å². The molecule has 1 aliphatic rings. The number of nitrogens with zero attached hydrogens (tertiary/aromatic N) is 1. The number of benzene rings is 4. The Kier molecular flexibility index (Phi) is 4.56. The molecule has 1 unspecified atom stereocenters. The number of nitro groups is 1. The number of ether oxygens (including phenoxy) is 1. The second-order valence-electron chi connectivity index (χ2n) is 8.20. The van der Waals surface area contributed by atoms with Gasteiger partial charge in [-0.2, -0.15) is 0 Å². The Morgan fingerprint density at radius 3 is 2.32 bits per heavy atom. The Morgan fingerprint density at radius 2 is 1.59 bits per heavy atom. The molecular formula is C29H19NO4. The molecule has 164 valence electrons. The second-order valence-corrected chi connectivity index (χ2v) is 8.20. The number of furan rings is 1. The van der Waals surface area contributed by atoms with Crippen LogP contribution in [0.4, 0.5) is 5.69 Å². The van der Waals surface area contributed by atoms with Gasteiger partial charge in [-0.25, -0.2) is 0 Å². The lowest BCUT2D eigenvalue weighted by atomic mass is 9.86. The SMILES string of the molecule is O=[N+]([O-])c1ccc(C2(c3ccco3)C=Cc3c(ccc4c(-c5ccccc5)cccc34)O2)cc1. The third-order valence-corrected chi connectivity index (χ3v) is 6.30. The van der Waals surface area contributed by atoms with E-state index in [1.807, 2.05) is 42.5 Å². The van der Waals surface area contributed by atoms with Gasteiger partial charge in [0.1, 0.15) is 5.75 Å². The van der Waals surface area contributed by atoms with Crippen molar-refractivity contribution in [3.05, 3.63) is 136 Å². The van der Waals surface area contributed by atoms with Crippen LogP contribution < -0.4 is 4.74 Å². The van der Waals surface area contributed by atoms with Gasteiger partial charge in [0.15, 0.2) is 5.76 Å². The highest BCUT2D eigenvalue weighted by Gasteiger charge is 2.40. The van der Waals surface area contributed by atoms with Gasteiger partial charge in [0.05, 0.1) is 11.2 Å². The molecule has 0 N–H and O–H groups in total. The van der Waals surface area contributed by atoms with Gasteiger partial charge >= 0.3 is 0 Å². The number of rotatable bonds is 4. The summed E-state index contributed by atoms with van der Waals surface area (Å²) in [4.78, 5) is 10.7. The Hall–Kier alpha value is -4.64. The quantitative estimate of drug-likeness (QED) is 0.214. The zero-order valence-corrected chi connectivity index (χ0v) is 18.0. The average molecular weight is 445 g/mol. The number of non-ortho nitro benzene ring substituents is 1. The lowest BCUT2D eigenvalue weighted by Crippen LogP contribution is -2.33. The minimum absolute atomic E-state index is 0.0259. The molecule has 0 spiro atoms. The van der Waals surface area contributed by atoms with Crippen molar-refractivity contribution in [1.29, 1.82) is 0 Å². The number of fused-ring (bicyclic) bond motifs is 3. The number of hydrogen-bond donors (Lipinski definition) is 0. The Balaban J connectivity index is 1.51. The molecule has 0 aliphatic carbocycles. The molecule has 0 saturated heterocycles. The van der Waals surface area contributed by atoms with E-state index < -0.39 is 10.5 Å². The van der Waals surface area contributed by atoms with E-state index in [4.69, 9.17) is 9.15 Å². The summed E-state index contributed by atoms with van der Waals surface area (Å²) in [6.07, 6.45) is 5.62. The van der Waals surface area contributed by atoms with Crippen LogP contribution in [0.25, 0.3) is 28.0 Å². The minimum atomic E-state index is -1.03. The summed E-state index contributed by atoms with van der Waals surface area (Å²) in [5.74, 6) is 1.32. The molecule has 5 heteroatoms. The van der Waals surface area contributed by atoms with Crippen LogP contribution in [0.3, 0.4) is 0 Å². The van der Waals surface area contributed by atoms with Crippen LogP contribution in [-0.4, -0.2) is 4.92 Å². The third kappa shape index (κ3) is 3.10. The van der Waals surface area contributed by atoms with E-state index in [1.165, 1.54) is 12.1 Å². The van der Waals surface area contributed by atoms with E-state index in [0.29, 0.717) is 5.76 Å². The van der Waals surface area contributed by atoms with Gasteiger partial charge in [-0.15, -0.1) is 0 Å². The molecule has 1 aromatic heterocycles. The van der Waals surface area contributed by atoms with Crippen LogP contribution in [0, 0.1) is 10.1 Å². The second kappa shape index (κ2) is 7.74. The van der Waals surface area contributed by atoms with Crippen molar-refractivity contribution in [1.82, 2.24) is 0 Å². The maximum absolute atomic E-state index is 11.2. The van der Waals surface area contributed by atoms with E-state index in [-0.39, 0.29) is 5.69 Å². The third-order valence-electron chi connectivity index (χ3n) is 6.30. The first-order valence-electron chi connectivity index (χ1n) is 10.9. The standard InChI is InChI=1S/C29H19NO4/c31-30(32)22-13-11-21(12-14-22)29(28-10-5-19-33-28)18-17-26-24-9-4-8-23(20-6-2-1-3-7-20)25(24)15-16-27(26)34-29/h1-19H. The van der Waals surface area contributed by atoms with E-state index in [2.05, 4.69) is 42.5 Å². The molecule has 1 aliphatic heterocycles. The molecule has 4 aromatic carbocycles. The highest BCUT2D eigenvalue weighted by atomic mass is 16.6. The van der Waals surface area contributed by atoms with Crippen LogP contribution in [0.15, 0.2) is 114 Å². The van der Waals surface area contributed by atoms with Crippen LogP contribution in [0.5, 0.6) is 5.75 Å². The van der Waals surface area contributed by atoms with E-state index in [9.17, 15) is 10.1 Å². The normalized spacial score (nSPS) is 16.7. The molecule has 0 radical (unpaired) electrons. The van der Waals surface area contributed by atoms with Crippen molar-refractivity contribution < 1.29 is 14.1 Å². The molecule has 34 heavy (non-hydrogen) atoms. The van der Waals surface area contributed by atoms with Crippen molar-refractivity contribution in [2.45, 2.75) is 5.60 Å². The van der Waals surface area contributed by atoms with Gasteiger partial charge < -0.3 is 9.15 Å². The molecular weight excluding hydrogens is 426 g/mol. The fourth-order valence-corrected chi connectivity index (χ4v) is 4.65. The molecule has 0 fully saturated rings. The Morgan fingerprint density at radius 1 is 0.765 bits per heavy atom. The van der Waals surface area contributed by atoms with E-state index in [0.717, 1.165) is 38.8 Å². The van der Waals surface area contributed by atoms with Crippen LogP contribution in [-0.2, 0) is 5.60 Å². The van der Waals surface area contributed by atoms with Crippen LogP contribution in [0.2, 0.25) is 0 Å². The molecule has 5 aromatic rings. The zero-order valence-electron chi connectivity index (χ0n) is 18.0. The molecule has 6 rings (SSSR count). The predicted molar refractivity (Wildman–Crippen MR) is 132 cm³/mol. The monoisotopic (exact) mass is 445 g/mol. The summed E-state index contributed by atoms with van der Waals surface area (Å²) in [5, 5.41) is 13.4. The Bertz CT molecular complexity index is 1540. The van der Waals surface area contributed by atoms with E-state index in [1.54, 1.807) is 18.4 Å². The first kappa shape index (κ1) is 20.0. The largest absolute Gasteiger partial charge is 0.470 e. The molecule has 1 atom stereocenters. The van der Waals surface area contributed by atoms with Crippen molar-refractivity contribution >= 4 is 22.5 Å². The first-order valence-corrected chi connectivity index (χ1v) is 10.9. The summed E-state index contributed by atoms with van der Waals surface area (Å²) in [6, 6.07) is 30.7. The molecule has 5 nitrogen and oxygen atoms in total. The number of hydrogen-bond acceptors (Lipinski definition) is 4. The van der Waals surface area contributed by atoms with Gasteiger partial charge in [-0.05, 0) is 64.4 Å². The zero-order chi connectivity index (χ0) is 23.1. The lowest BCUT2D eigenvalue weighted by Gasteiger charge is -2.34. The van der Waals surface area contributed by atoms with E-state index >= 15 is 0 Å². The minimum Gasteiger partial charge on any atom is -0.470 e. The molecule has 0 saturated carbocycles. The molecule has 0 amide bonds. The van der Waals surface area contributed by atoms with Crippen molar-refractivity contribution in [2.75, 3.05) is 0 Å². The Labute approximate surface area is 195 Å². The van der Waals surface area contributed by atoms with Crippen molar-refractivity contribution in [2.24, 2.45) is 0 Å². The number of nitro benzene ring substituents is 1. The maximum Gasteiger partial charge on any atom is 0.269 e. The maximum atomic E-state index is 11.2. The first-order chi connectivity index (χ1) is 16.7. The highest BCUT2D eigenvalue weighted by Crippen LogP contribution is 2.45. The fraction of sp³-hybridized carbons (Fsp3) is 0.0345. The van der Waals surface area contributed by atoms with Gasteiger partial charge in [0.2, 0.25) is 5.60 Å². The smallest absolute Gasteiger partial charge is 0.269 e. The summed E-state index contributed by atoms with van der Waals surface area (Å²) in [6.45, 7) is 0. The summed E-state index contributed by atoms with van der Waals surface area (Å²) < 4.78 is 12.4. The molecule has 2 heterocycles. The topological polar surface area (TPSA) is 65.5 Å². The summed E-state index contributed by atoms with van der Waals surface area (Å²) in [7, 11) is 0. The van der Waals surface area contributed by atoms with Gasteiger partial charge in [0.25, 0.3) is 5.69 Å². The van der Waals surface area contributed by atoms with Gasteiger partial charge in [-0.3, -0.25) is 10.1 Å². The summed E-state index contributed by atoms with van der Waals surface area (Å²) >= 11 is 0. The highest BCUT2D eigenvalue weighted by molar-refractivity contribution is 6.02.